The lowest BCUT2D eigenvalue weighted by Crippen LogP contribution is -2.37. The molecule has 3 rings (SSSR count). The van der Waals surface area contributed by atoms with Crippen LogP contribution in [0.1, 0.15) is 26.0 Å². The molecule has 1 saturated heterocycles. The smallest absolute Gasteiger partial charge is 0.455 e. The number of H-pyrrole nitrogens is 1. The maximum absolute atomic E-state index is 12.0. The number of nitrogens with zero attached hydrogens (tertiary/aromatic N) is 3. The van der Waals surface area contributed by atoms with E-state index in [1.165, 1.54) is 10.9 Å². The van der Waals surface area contributed by atoms with Gasteiger partial charge >= 0.3 is 13.8 Å². The number of imidazole rings is 1. The Kier molecular flexibility index (Phi) is 6.03. The zero-order chi connectivity index (χ0) is 21.3. The van der Waals surface area contributed by atoms with Crippen LogP contribution in [0, 0.1) is 0 Å². The van der Waals surface area contributed by atoms with Crippen LogP contribution in [0.2, 0.25) is 0 Å². The molecule has 2 aromatic rings. The number of aliphatic hydroxyl groups is 1. The fourth-order valence-corrected chi connectivity index (χ4v) is 3.26. The molecule has 0 unspecified atom stereocenters. The molecule has 0 aliphatic carbocycles. The first-order valence-electron chi connectivity index (χ1n) is 8.56. The normalized spacial score (nSPS) is 24.8. The van der Waals surface area contributed by atoms with E-state index in [0.29, 0.717) is 6.42 Å². The molecule has 0 radical (unpaired) electrons. The van der Waals surface area contributed by atoms with Crippen molar-refractivity contribution < 1.29 is 38.3 Å². The highest BCUT2D eigenvalue weighted by atomic mass is 31.2. The second-order valence-corrected chi connectivity index (χ2v) is 7.56. The van der Waals surface area contributed by atoms with Crippen LogP contribution >= 0.6 is 7.82 Å². The van der Waals surface area contributed by atoms with Crippen molar-refractivity contribution in [2.75, 3.05) is 12.3 Å². The second kappa shape index (κ2) is 8.18. The molecule has 1 aliphatic heterocycles. The number of hydrogen-bond donors (Lipinski definition) is 5. The number of anilines is 1. The molecule has 160 valence electrons. The fourth-order valence-electron chi connectivity index (χ4n) is 2.92. The molecule has 4 atom stereocenters. The van der Waals surface area contributed by atoms with Gasteiger partial charge in [-0.1, -0.05) is 6.92 Å². The fraction of sp³-hybridized carbons (Fsp3) is 0.571. The monoisotopic (exact) mass is 433 g/mol. The molecular weight excluding hydrogens is 413 g/mol. The van der Waals surface area contributed by atoms with Crippen LogP contribution in [0.25, 0.3) is 11.2 Å². The van der Waals surface area contributed by atoms with E-state index in [2.05, 4.69) is 19.5 Å². The first-order valence-corrected chi connectivity index (χ1v) is 10.1. The summed E-state index contributed by atoms with van der Waals surface area (Å²) in [4.78, 5) is 52.0. The predicted octanol–water partition coefficient (Wildman–Crippen LogP) is -1.22. The summed E-state index contributed by atoms with van der Waals surface area (Å²) in [6, 6.07) is 0. The molecule has 1 fully saturated rings. The molecule has 3 heterocycles. The highest BCUT2D eigenvalue weighted by Crippen LogP contribution is 2.39. The number of aromatic nitrogens is 4. The Morgan fingerprint density at radius 3 is 2.86 bits per heavy atom. The molecule has 0 amide bonds. The number of aromatic amines is 1. The minimum Gasteiger partial charge on any atom is -0.455 e. The molecule has 0 saturated carbocycles. The predicted molar refractivity (Wildman–Crippen MR) is 95.3 cm³/mol. The third-order valence-electron chi connectivity index (χ3n) is 4.17. The average Bonchev–Trinajstić information content (AvgIpc) is 3.15. The number of carbonyl (C=O) groups is 1. The van der Waals surface area contributed by atoms with Gasteiger partial charge in [0.2, 0.25) is 5.95 Å². The molecule has 15 heteroatoms. The summed E-state index contributed by atoms with van der Waals surface area (Å²) in [6.45, 7) is 1.09. The van der Waals surface area contributed by atoms with E-state index >= 15 is 0 Å². The summed E-state index contributed by atoms with van der Waals surface area (Å²) in [5.74, 6) is -0.805. The SMILES string of the molecule is CCCC(=O)O[C@@H]1[C@H](O)[C@@H](COP(=O)(O)O)O[C@H]1n1cnc2c(=O)[nH]c(N)nc21. The van der Waals surface area contributed by atoms with Crippen molar-refractivity contribution in [2.45, 2.75) is 44.3 Å². The molecule has 1 aliphatic rings. The van der Waals surface area contributed by atoms with Gasteiger partial charge in [-0.2, -0.15) is 4.98 Å². The molecule has 0 aromatic carbocycles. The maximum Gasteiger partial charge on any atom is 0.469 e. The Morgan fingerprint density at radius 2 is 2.21 bits per heavy atom. The summed E-state index contributed by atoms with van der Waals surface area (Å²) in [7, 11) is -4.83. The molecular formula is C14H20N5O9P. The summed E-state index contributed by atoms with van der Waals surface area (Å²) in [6.07, 6.45) is -3.44. The molecule has 0 spiro atoms. The lowest BCUT2D eigenvalue weighted by Gasteiger charge is -2.21. The topological polar surface area (TPSA) is 212 Å². The van der Waals surface area contributed by atoms with Gasteiger partial charge in [0, 0.05) is 6.42 Å². The number of carbonyl (C=O) groups excluding carboxylic acids is 1. The van der Waals surface area contributed by atoms with Crippen molar-refractivity contribution >= 4 is 30.9 Å². The van der Waals surface area contributed by atoms with Crippen LogP contribution in [0.3, 0.4) is 0 Å². The third kappa shape index (κ3) is 4.63. The zero-order valence-corrected chi connectivity index (χ0v) is 16.1. The first kappa shape index (κ1) is 21.4. The van der Waals surface area contributed by atoms with Gasteiger partial charge < -0.3 is 30.1 Å². The van der Waals surface area contributed by atoms with Crippen LogP contribution < -0.4 is 11.3 Å². The Morgan fingerprint density at radius 1 is 1.48 bits per heavy atom. The lowest BCUT2D eigenvalue weighted by molar-refractivity contribution is -0.158. The lowest BCUT2D eigenvalue weighted by atomic mass is 10.1. The number of nitrogens with two attached hydrogens (primary N) is 1. The Hall–Kier alpha value is -2.35. The Labute approximate surface area is 162 Å². The molecule has 0 bridgehead atoms. The summed E-state index contributed by atoms with van der Waals surface area (Å²) in [5.41, 5.74) is 4.91. The number of fused-ring (bicyclic) bond motifs is 1. The molecule has 14 nitrogen and oxygen atoms in total. The van der Waals surface area contributed by atoms with Gasteiger partial charge in [0.25, 0.3) is 5.56 Å². The Balaban J connectivity index is 1.96. The van der Waals surface area contributed by atoms with Gasteiger partial charge in [-0.05, 0) is 6.42 Å². The number of rotatable bonds is 7. The summed E-state index contributed by atoms with van der Waals surface area (Å²) < 4.78 is 27.6. The van der Waals surface area contributed by atoms with E-state index in [4.69, 9.17) is 25.0 Å². The van der Waals surface area contributed by atoms with Crippen molar-refractivity contribution in [1.29, 1.82) is 0 Å². The molecule has 29 heavy (non-hydrogen) atoms. The quantitative estimate of drug-likeness (QED) is 0.257. The van der Waals surface area contributed by atoms with Crippen LogP contribution in [0.5, 0.6) is 0 Å². The van der Waals surface area contributed by atoms with Crippen molar-refractivity contribution in [3.63, 3.8) is 0 Å². The van der Waals surface area contributed by atoms with Gasteiger partial charge in [-0.3, -0.25) is 23.7 Å². The minimum absolute atomic E-state index is 0.0107. The highest BCUT2D eigenvalue weighted by molar-refractivity contribution is 7.46. The van der Waals surface area contributed by atoms with Gasteiger partial charge in [0.15, 0.2) is 23.5 Å². The van der Waals surface area contributed by atoms with Crippen LogP contribution in [0.15, 0.2) is 11.1 Å². The van der Waals surface area contributed by atoms with E-state index in [1.54, 1.807) is 6.92 Å². The largest absolute Gasteiger partial charge is 0.469 e. The summed E-state index contributed by atoms with van der Waals surface area (Å²) in [5, 5.41) is 10.5. The summed E-state index contributed by atoms with van der Waals surface area (Å²) >= 11 is 0. The Bertz CT molecular complexity index is 1000. The van der Waals surface area contributed by atoms with E-state index in [0.717, 1.165) is 0 Å². The first-order chi connectivity index (χ1) is 13.6. The van der Waals surface area contributed by atoms with Crippen molar-refractivity contribution in [1.82, 2.24) is 19.5 Å². The number of nitrogens with one attached hydrogen (secondary N) is 1. The highest BCUT2D eigenvalue weighted by Gasteiger charge is 2.48. The van der Waals surface area contributed by atoms with E-state index < -0.39 is 50.5 Å². The molecule has 2 aromatic heterocycles. The molecule has 6 N–H and O–H groups in total. The average molecular weight is 433 g/mol. The minimum atomic E-state index is -4.83. The number of hydrogen-bond acceptors (Lipinski definition) is 10. The van der Waals surface area contributed by atoms with Crippen molar-refractivity contribution in [3.8, 4) is 0 Å². The van der Waals surface area contributed by atoms with Crippen LogP contribution in [-0.4, -0.2) is 65.3 Å². The van der Waals surface area contributed by atoms with Gasteiger partial charge in [0.1, 0.15) is 12.2 Å². The van der Waals surface area contributed by atoms with Gasteiger partial charge in [-0.15, -0.1) is 0 Å². The van der Waals surface area contributed by atoms with Gasteiger partial charge in [-0.25, -0.2) is 9.55 Å². The zero-order valence-electron chi connectivity index (χ0n) is 15.2. The number of aliphatic hydroxyl groups excluding tert-OH is 1. The van der Waals surface area contributed by atoms with E-state index in [9.17, 15) is 19.3 Å². The number of nitrogen functional groups attached to an aromatic ring is 1. The van der Waals surface area contributed by atoms with Crippen LogP contribution in [0.4, 0.5) is 5.95 Å². The van der Waals surface area contributed by atoms with E-state index in [1.807, 2.05) is 0 Å². The van der Waals surface area contributed by atoms with E-state index in [-0.39, 0.29) is 23.5 Å². The van der Waals surface area contributed by atoms with Crippen molar-refractivity contribution in [2.24, 2.45) is 0 Å². The number of phosphoric ester groups is 1. The standard InChI is InChI=1S/C14H20N5O9P/c1-2-3-7(20)28-10-9(21)6(4-26-29(23,24)25)27-13(10)19-5-16-8-11(19)17-14(15)18-12(8)22/h5-6,9-10,13,21H,2-4H2,1H3,(H2,23,24,25)(H3,15,17,18,22)/t6-,9-,10-,13-/m1/s1. The third-order valence-corrected chi connectivity index (χ3v) is 4.65. The van der Waals surface area contributed by atoms with Crippen LogP contribution in [-0.2, 0) is 23.4 Å². The van der Waals surface area contributed by atoms with Crippen molar-refractivity contribution in [3.05, 3.63) is 16.7 Å². The number of esters is 1. The second-order valence-electron chi connectivity index (χ2n) is 6.32. The number of phosphoric acid groups is 1. The van der Waals surface area contributed by atoms with Gasteiger partial charge in [0.05, 0.1) is 12.9 Å². The number of ether oxygens (including phenoxy) is 2. The maximum atomic E-state index is 12.0.